The van der Waals surface area contributed by atoms with Gasteiger partial charge in [0, 0.05) is 12.4 Å². The van der Waals surface area contributed by atoms with Crippen molar-refractivity contribution in [2.45, 2.75) is 13.0 Å². The van der Waals surface area contributed by atoms with Crippen LogP contribution in [-0.2, 0) is 17.8 Å². The van der Waals surface area contributed by atoms with Crippen molar-refractivity contribution in [1.29, 1.82) is 0 Å². The number of hydrogen-bond acceptors (Lipinski definition) is 3. The minimum absolute atomic E-state index is 0.134. The molecule has 0 aliphatic rings. The van der Waals surface area contributed by atoms with Gasteiger partial charge in [-0.15, -0.1) is 0 Å². The Morgan fingerprint density at radius 3 is 2.39 bits per heavy atom. The highest BCUT2D eigenvalue weighted by Gasteiger charge is 2.03. The van der Waals surface area contributed by atoms with Crippen LogP contribution < -0.4 is 9.84 Å². The SMILES string of the molecule is O=C([O-])Cc1ccccc1OCc1ccccc1. The Kier molecular flexibility index (Phi) is 3.97. The van der Waals surface area contributed by atoms with Gasteiger partial charge < -0.3 is 14.6 Å². The lowest BCUT2D eigenvalue weighted by Crippen LogP contribution is -2.24. The van der Waals surface area contributed by atoms with E-state index in [0.717, 1.165) is 5.56 Å². The molecule has 0 saturated heterocycles. The molecule has 2 rings (SSSR count). The molecule has 0 unspecified atom stereocenters. The molecule has 0 bridgehead atoms. The molecule has 0 aromatic heterocycles. The summed E-state index contributed by atoms with van der Waals surface area (Å²) in [5.74, 6) is -0.517. The van der Waals surface area contributed by atoms with Crippen molar-refractivity contribution < 1.29 is 14.6 Å². The molecule has 3 heteroatoms. The molecule has 0 spiro atoms. The lowest BCUT2D eigenvalue weighted by molar-refractivity contribution is -0.304. The first-order valence-electron chi connectivity index (χ1n) is 5.70. The van der Waals surface area contributed by atoms with Crippen LogP contribution in [-0.4, -0.2) is 5.97 Å². The molecule has 3 nitrogen and oxygen atoms in total. The quantitative estimate of drug-likeness (QED) is 0.798. The third kappa shape index (κ3) is 3.35. The average molecular weight is 241 g/mol. The second-order valence-corrected chi connectivity index (χ2v) is 3.93. The zero-order chi connectivity index (χ0) is 12.8. The maximum atomic E-state index is 10.6. The fraction of sp³-hybridized carbons (Fsp3) is 0.133. The van der Waals surface area contributed by atoms with Gasteiger partial charge in [0.15, 0.2) is 0 Å². The zero-order valence-corrected chi connectivity index (χ0v) is 9.84. The summed E-state index contributed by atoms with van der Waals surface area (Å²) in [6, 6.07) is 16.8. The minimum Gasteiger partial charge on any atom is -0.550 e. The average Bonchev–Trinajstić information content (AvgIpc) is 2.38. The Bertz CT molecular complexity index is 520. The summed E-state index contributed by atoms with van der Waals surface area (Å²) in [5, 5.41) is 10.6. The van der Waals surface area contributed by atoms with E-state index in [0.29, 0.717) is 17.9 Å². The molecule has 18 heavy (non-hydrogen) atoms. The van der Waals surface area contributed by atoms with Crippen molar-refractivity contribution in [2.24, 2.45) is 0 Å². The Hall–Kier alpha value is -2.29. The van der Waals surface area contributed by atoms with E-state index in [-0.39, 0.29) is 6.42 Å². The largest absolute Gasteiger partial charge is 0.550 e. The Morgan fingerprint density at radius 1 is 1.00 bits per heavy atom. The highest BCUT2D eigenvalue weighted by atomic mass is 16.5. The molecule has 0 atom stereocenters. The number of carbonyl (C=O) groups excluding carboxylic acids is 1. The molecule has 0 amide bonds. The van der Waals surface area contributed by atoms with E-state index >= 15 is 0 Å². The molecule has 0 aliphatic carbocycles. The van der Waals surface area contributed by atoms with Crippen LogP contribution >= 0.6 is 0 Å². The van der Waals surface area contributed by atoms with Gasteiger partial charge in [0.05, 0.1) is 0 Å². The van der Waals surface area contributed by atoms with Crippen LogP contribution in [0.25, 0.3) is 0 Å². The highest BCUT2D eigenvalue weighted by Crippen LogP contribution is 2.19. The predicted octanol–water partition coefficient (Wildman–Crippen LogP) is 1.56. The van der Waals surface area contributed by atoms with E-state index in [4.69, 9.17) is 4.74 Å². The molecule has 0 N–H and O–H groups in total. The third-order valence-corrected chi connectivity index (χ3v) is 2.54. The predicted molar refractivity (Wildman–Crippen MR) is 65.9 cm³/mol. The molecule has 2 aromatic rings. The Morgan fingerprint density at radius 2 is 1.67 bits per heavy atom. The summed E-state index contributed by atoms with van der Waals surface area (Å²) in [4.78, 5) is 10.6. The number of carboxylic acids is 1. The van der Waals surface area contributed by atoms with Crippen LogP contribution in [0.4, 0.5) is 0 Å². The van der Waals surface area contributed by atoms with Crippen molar-refractivity contribution in [1.82, 2.24) is 0 Å². The normalized spacial score (nSPS) is 10.0. The fourth-order valence-electron chi connectivity index (χ4n) is 1.68. The van der Waals surface area contributed by atoms with E-state index in [1.807, 2.05) is 36.4 Å². The van der Waals surface area contributed by atoms with Crippen molar-refractivity contribution in [3.05, 3.63) is 65.7 Å². The smallest absolute Gasteiger partial charge is 0.123 e. The van der Waals surface area contributed by atoms with Crippen LogP contribution in [0, 0.1) is 0 Å². The first-order valence-corrected chi connectivity index (χ1v) is 5.70. The molecule has 0 aliphatic heterocycles. The number of carbonyl (C=O) groups is 1. The summed E-state index contributed by atoms with van der Waals surface area (Å²) in [5.41, 5.74) is 1.68. The molecule has 0 radical (unpaired) electrons. The van der Waals surface area contributed by atoms with Gasteiger partial charge in [-0.25, -0.2) is 0 Å². The topological polar surface area (TPSA) is 49.4 Å². The van der Waals surface area contributed by atoms with Gasteiger partial charge in [-0.05, 0) is 17.2 Å². The third-order valence-electron chi connectivity index (χ3n) is 2.54. The number of rotatable bonds is 5. The van der Waals surface area contributed by atoms with E-state index in [1.54, 1.807) is 18.2 Å². The maximum absolute atomic E-state index is 10.6. The van der Waals surface area contributed by atoms with Crippen LogP contribution in [0.2, 0.25) is 0 Å². The molecular formula is C15H13O3-. The molecule has 0 heterocycles. The molecule has 92 valence electrons. The van der Waals surface area contributed by atoms with Gasteiger partial charge in [-0.2, -0.15) is 0 Å². The van der Waals surface area contributed by atoms with Crippen LogP contribution in [0.3, 0.4) is 0 Å². The second kappa shape index (κ2) is 5.87. The maximum Gasteiger partial charge on any atom is 0.123 e. The number of hydrogen-bond donors (Lipinski definition) is 0. The van der Waals surface area contributed by atoms with Gasteiger partial charge in [-0.1, -0.05) is 48.5 Å². The fourth-order valence-corrected chi connectivity index (χ4v) is 1.68. The number of ether oxygens (including phenoxy) is 1. The van der Waals surface area contributed by atoms with Crippen LogP contribution in [0.5, 0.6) is 5.75 Å². The number of benzene rings is 2. The lowest BCUT2D eigenvalue weighted by atomic mass is 10.1. The van der Waals surface area contributed by atoms with E-state index in [9.17, 15) is 9.90 Å². The van der Waals surface area contributed by atoms with Crippen molar-refractivity contribution in [3.8, 4) is 5.75 Å². The Balaban J connectivity index is 2.07. The first-order chi connectivity index (χ1) is 8.75. The standard InChI is InChI=1S/C15H14O3/c16-15(17)10-13-8-4-5-9-14(13)18-11-12-6-2-1-3-7-12/h1-9H,10-11H2,(H,16,17)/p-1. The summed E-state index contributed by atoms with van der Waals surface area (Å²) < 4.78 is 5.63. The highest BCUT2D eigenvalue weighted by molar-refractivity contribution is 5.69. The van der Waals surface area contributed by atoms with E-state index in [2.05, 4.69) is 0 Å². The van der Waals surface area contributed by atoms with Gasteiger partial charge in [-0.3, -0.25) is 0 Å². The first kappa shape index (κ1) is 12.2. The van der Waals surface area contributed by atoms with Crippen molar-refractivity contribution in [3.63, 3.8) is 0 Å². The van der Waals surface area contributed by atoms with Gasteiger partial charge >= 0.3 is 0 Å². The Labute approximate surface area is 106 Å². The summed E-state index contributed by atoms with van der Waals surface area (Å²) >= 11 is 0. The monoisotopic (exact) mass is 241 g/mol. The number of para-hydroxylation sites is 1. The minimum atomic E-state index is -1.11. The summed E-state index contributed by atoms with van der Waals surface area (Å²) in [6.45, 7) is 0.422. The van der Waals surface area contributed by atoms with Crippen molar-refractivity contribution >= 4 is 5.97 Å². The number of aliphatic carboxylic acids is 1. The second-order valence-electron chi connectivity index (χ2n) is 3.93. The van der Waals surface area contributed by atoms with Gasteiger partial charge in [0.1, 0.15) is 12.4 Å². The zero-order valence-electron chi connectivity index (χ0n) is 9.84. The molecule has 0 saturated carbocycles. The summed E-state index contributed by atoms with van der Waals surface area (Å²) in [6.07, 6.45) is -0.134. The molecule has 0 fully saturated rings. The van der Waals surface area contributed by atoms with Gasteiger partial charge in [0.2, 0.25) is 0 Å². The van der Waals surface area contributed by atoms with Gasteiger partial charge in [0.25, 0.3) is 0 Å². The van der Waals surface area contributed by atoms with Crippen LogP contribution in [0.15, 0.2) is 54.6 Å². The van der Waals surface area contributed by atoms with E-state index in [1.165, 1.54) is 0 Å². The number of carboxylic acid groups (broad SMARTS) is 1. The molecular weight excluding hydrogens is 228 g/mol. The summed E-state index contributed by atoms with van der Waals surface area (Å²) in [7, 11) is 0. The lowest BCUT2D eigenvalue weighted by Gasteiger charge is -2.11. The molecule has 2 aromatic carbocycles. The van der Waals surface area contributed by atoms with E-state index < -0.39 is 5.97 Å². The van der Waals surface area contributed by atoms with Crippen molar-refractivity contribution in [2.75, 3.05) is 0 Å². The van der Waals surface area contributed by atoms with Crippen LogP contribution in [0.1, 0.15) is 11.1 Å².